The van der Waals surface area contributed by atoms with Gasteiger partial charge in [-0.2, -0.15) is 16.8 Å². The van der Waals surface area contributed by atoms with Crippen molar-refractivity contribution in [3.05, 3.63) is 138 Å². The Bertz CT molecular complexity index is 3480. The van der Waals surface area contributed by atoms with Crippen LogP contribution in [0.25, 0.3) is 10.9 Å². The summed E-state index contributed by atoms with van der Waals surface area (Å²) in [5.74, 6) is -10.8. The van der Waals surface area contributed by atoms with Crippen molar-refractivity contribution in [3.8, 4) is 5.75 Å². The van der Waals surface area contributed by atoms with Crippen molar-refractivity contribution in [2.45, 2.75) is 113 Å². The van der Waals surface area contributed by atoms with Crippen LogP contribution in [0.2, 0.25) is 0 Å². The number of nitrogens with two attached hydrogens (primary N) is 2. The Kier molecular flexibility index (Phi) is 24.5. The number of carbonyl (C=O) groups excluding carboxylic acids is 9. The van der Waals surface area contributed by atoms with Gasteiger partial charge in [-0.15, -0.1) is 0 Å². The average Bonchev–Trinajstić information content (AvgIpc) is 3.64. The summed E-state index contributed by atoms with van der Waals surface area (Å²) in [5, 5.41) is 23.5. The number of carboxylic acids is 1. The van der Waals surface area contributed by atoms with E-state index in [0.717, 1.165) is 17.0 Å². The number of amides is 8. The van der Waals surface area contributed by atoms with Crippen molar-refractivity contribution in [1.29, 1.82) is 0 Å². The molecule has 1 unspecified atom stereocenters. The van der Waals surface area contributed by atoms with Crippen LogP contribution >= 0.6 is 0 Å². The zero-order valence-electron chi connectivity index (χ0n) is 46.8. The van der Waals surface area contributed by atoms with Crippen LogP contribution in [-0.4, -0.2) is 155 Å². The number of unbranched alkanes of at least 4 members (excludes halogenated alkanes) is 1. The number of nitrogens with zero attached hydrogens (tertiary/aromatic N) is 1. The molecule has 5 aromatic rings. The van der Waals surface area contributed by atoms with Gasteiger partial charge in [0.25, 0.3) is 5.12 Å². The zero-order chi connectivity index (χ0) is 63.5. The minimum Gasteiger partial charge on any atom is -0.481 e. The molecule has 0 aliphatic heterocycles. The second kappa shape index (κ2) is 31.2. The molecule has 1 aromatic heterocycles. The number of fused-ring (bicyclic) bond motifs is 1. The summed E-state index contributed by atoms with van der Waals surface area (Å²) in [4.78, 5) is 140. The van der Waals surface area contributed by atoms with E-state index in [0.29, 0.717) is 40.4 Å². The van der Waals surface area contributed by atoms with E-state index in [1.807, 2.05) is 6.92 Å². The van der Waals surface area contributed by atoms with Crippen LogP contribution in [0.3, 0.4) is 0 Å². The quantitative estimate of drug-likeness (QED) is 0.0249. The summed E-state index contributed by atoms with van der Waals surface area (Å²) in [6.07, 6.45) is -0.395. The lowest BCUT2D eigenvalue weighted by molar-refractivity contribution is -0.144. The molecule has 8 atom stereocenters. The van der Waals surface area contributed by atoms with Crippen molar-refractivity contribution in [2.24, 2.45) is 11.5 Å². The topological polar surface area (TPSA) is 452 Å². The van der Waals surface area contributed by atoms with E-state index in [1.54, 1.807) is 98.0 Å². The molecular formula is C56H68N10O18S2. The SMILES string of the molecule is CCCC[C@@H](C(=O)N[C@@H](CC(=O)O)C(=O)N[C@@H](Cc1ccccc1)C(N)=O)N(C)C(=O)[C@H](Cc1c[nH]c2ccccc12)NC(=O)CNC(=O)[C@@H](NC(=O)[C@H](Cc1ccc(OS(=O)(=O)O)cc1)NC(=O)[C@@H](N)CC(=O)S(=O)(=O)O)C(C)c1ccccc1. The van der Waals surface area contributed by atoms with Gasteiger partial charge in [-0.3, -0.25) is 57.1 Å². The van der Waals surface area contributed by atoms with E-state index in [9.17, 15) is 74.4 Å². The number of H-pyrrole nitrogens is 1. The third-order valence-electron chi connectivity index (χ3n) is 13.7. The molecule has 0 aliphatic carbocycles. The fourth-order valence-corrected chi connectivity index (χ4v) is 9.81. The Morgan fingerprint density at radius 1 is 0.651 bits per heavy atom. The van der Waals surface area contributed by atoms with E-state index in [4.69, 9.17) is 16.0 Å². The highest BCUT2D eigenvalue weighted by Crippen LogP contribution is 2.23. The first kappa shape index (κ1) is 67.7. The van der Waals surface area contributed by atoms with Crippen LogP contribution in [0.4, 0.5) is 0 Å². The summed E-state index contributed by atoms with van der Waals surface area (Å²) >= 11 is 0. The maximum absolute atomic E-state index is 14.9. The number of hydrogen-bond donors (Lipinski definition) is 12. The number of aliphatic carboxylic acids is 1. The van der Waals surface area contributed by atoms with Gasteiger partial charge in [-0.05, 0) is 46.9 Å². The van der Waals surface area contributed by atoms with Gasteiger partial charge in [0.05, 0.1) is 19.0 Å². The smallest absolute Gasteiger partial charge is 0.446 e. The van der Waals surface area contributed by atoms with Crippen LogP contribution in [0.15, 0.2) is 115 Å². The molecule has 14 N–H and O–H groups in total. The number of nitrogens with one attached hydrogen (secondary N) is 7. The predicted molar refractivity (Wildman–Crippen MR) is 309 cm³/mol. The Hall–Kier alpha value is -9.10. The molecule has 8 amide bonds. The van der Waals surface area contributed by atoms with Crippen LogP contribution in [0.5, 0.6) is 5.75 Å². The van der Waals surface area contributed by atoms with Crippen molar-refractivity contribution >= 4 is 89.8 Å². The van der Waals surface area contributed by atoms with Gasteiger partial charge in [0.1, 0.15) is 42.0 Å². The first-order valence-electron chi connectivity index (χ1n) is 26.8. The highest BCUT2D eigenvalue weighted by molar-refractivity contribution is 8.01. The number of carboxylic acid groups (broad SMARTS) is 1. The number of aromatic amines is 1. The molecule has 4 aromatic carbocycles. The minimum absolute atomic E-state index is 0.0102. The molecule has 0 fully saturated rings. The number of benzene rings is 4. The molecule has 462 valence electrons. The fourth-order valence-electron chi connectivity index (χ4n) is 9.06. The van der Waals surface area contributed by atoms with Crippen LogP contribution in [0, 0.1) is 0 Å². The van der Waals surface area contributed by atoms with E-state index >= 15 is 0 Å². The average molecular weight is 1230 g/mol. The third-order valence-corrected chi connectivity index (χ3v) is 14.8. The largest absolute Gasteiger partial charge is 0.481 e. The van der Waals surface area contributed by atoms with Crippen LogP contribution < -0.4 is 47.6 Å². The third kappa shape index (κ3) is 20.6. The van der Waals surface area contributed by atoms with E-state index in [1.165, 1.54) is 19.2 Å². The van der Waals surface area contributed by atoms with E-state index in [2.05, 4.69) is 41.1 Å². The summed E-state index contributed by atoms with van der Waals surface area (Å²) < 4.78 is 68.2. The second-order valence-electron chi connectivity index (χ2n) is 20.1. The summed E-state index contributed by atoms with van der Waals surface area (Å²) in [6.45, 7) is 2.52. The van der Waals surface area contributed by atoms with Crippen LogP contribution in [0.1, 0.15) is 74.1 Å². The molecule has 0 saturated carbocycles. The number of likely N-dealkylation sites (N-methyl/N-ethyl adjacent to an activating group) is 1. The first-order valence-corrected chi connectivity index (χ1v) is 29.6. The van der Waals surface area contributed by atoms with Gasteiger partial charge in [0.2, 0.25) is 47.3 Å². The van der Waals surface area contributed by atoms with Gasteiger partial charge in [-0.1, -0.05) is 118 Å². The molecule has 0 saturated heterocycles. The normalized spacial score (nSPS) is 14.3. The summed E-state index contributed by atoms with van der Waals surface area (Å²) in [7, 11) is -8.94. The van der Waals surface area contributed by atoms with Gasteiger partial charge in [0, 0.05) is 55.7 Å². The van der Waals surface area contributed by atoms with Crippen molar-refractivity contribution < 1.29 is 83.2 Å². The monoisotopic (exact) mass is 1230 g/mol. The maximum atomic E-state index is 14.9. The number of hydrogen-bond acceptors (Lipinski definition) is 16. The molecule has 28 nitrogen and oxygen atoms in total. The number of primary amides is 1. The maximum Gasteiger partial charge on any atom is 0.446 e. The van der Waals surface area contributed by atoms with Gasteiger partial charge in [0.15, 0.2) is 0 Å². The number of rotatable bonds is 32. The molecule has 0 bridgehead atoms. The van der Waals surface area contributed by atoms with Crippen molar-refractivity contribution in [3.63, 3.8) is 0 Å². The van der Waals surface area contributed by atoms with Crippen molar-refractivity contribution in [1.82, 2.24) is 41.8 Å². The van der Waals surface area contributed by atoms with Gasteiger partial charge in [-0.25, -0.2) is 0 Å². The van der Waals surface area contributed by atoms with Crippen LogP contribution in [-0.2, 0) is 87.7 Å². The highest BCUT2D eigenvalue weighted by atomic mass is 32.3. The molecule has 1 heterocycles. The molecule has 0 radical (unpaired) electrons. The van der Waals surface area contributed by atoms with E-state index in [-0.39, 0.29) is 30.6 Å². The first-order chi connectivity index (χ1) is 40.5. The second-order valence-corrected chi connectivity index (χ2v) is 22.5. The fraction of sp³-hybridized carbons (Fsp3) is 0.357. The molecule has 0 aliphatic rings. The molecule has 86 heavy (non-hydrogen) atoms. The molecule has 0 spiro atoms. The lowest BCUT2D eigenvalue weighted by Crippen LogP contribution is -2.59. The Labute approximate surface area is 494 Å². The zero-order valence-corrected chi connectivity index (χ0v) is 48.5. The lowest BCUT2D eigenvalue weighted by Gasteiger charge is -2.32. The number of para-hydroxylation sites is 1. The minimum atomic E-state index is -5.28. The van der Waals surface area contributed by atoms with Crippen molar-refractivity contribution in [2.75, 3.05) is 13.6 Å². The van der Waals surface area contributed by atoms with E-state index < -0.39 is 153 Å². The number of carbonyl (C=O) groups is 10. The number of aromatic nitrogens is 1. The Balaban J connectivity index is 1.41. The predicted octanol–water partition coefficient (Wildman–Crippen LogP) is -0.170. The summed E-state index contributed by atoms with van der Waals surface area (Å²) in [5.41, 5.74) is 13.9. The molecule has 30 heteroatoms. The Morgan fingerprint density at radius 2 is 1.22 bits per heavy atom. The van der Waals surface area contributed by atoms with Gasteiger partial charge >= 0.3 is 26.5 Å². The standard InChI is InChI=1S/C56H68N10O18S2/c1-4-5-20-45(54(75)64-43(29-47(68)69)52(73)62-41(50(58)71)25-33-14-8-6-9-15-33)66(3)56(77)44(27-36-30-59-40-19-13-12-18-38(36)40)61-46(67)31-60-55(76)49(32(2)35-16-10-7-11-17-35)65-53(74)42(63-51(72)39(57)28-48(70)85(78,79)80)26-34-21-23-37(24-22-34)84-86(81,82)83/h6-19,21-24,30,32,39,41-45,49,59H,4-5,20,25-29,31,57H2,1-3H3,(H2,58,71)(H,60,76)(H,61,67)(H,62,73)(H,63,72)(H,64,75)(H,65,74)(H,68,69)(H,78,79,80)(H,81,82,83)/t32?,39-,41-,42-,43-,44-,45-,49-/m0/s1. The highest BCUT2D eigenvalue weighted by Gasteiger charge is 2.37. The van der Waals surface area contributed by atoms with Gasteiger partial charge < -0.3 is 62.5 Å². The lowest BCUT2D eigenvalue weighted by atomic mass is 9.92. The molecule has 5 rings (SSSR count). The molecular weight excluding hydrogens is 1160 g/mol. The Morgan fingerprint density at radius 3 is 1.83 bits per heavy atom. The summed E-state index contributed by atoms with van der Waals surface area (Å²) in [6, 6.07) is 17.3.